The van der Waals surface area contributed by atoms with Gasteiger partial charge in [0, 0.05) is 31.9 Å². The molecule has 0 aromatic heterocycles. The summed E-state index contributed by atoms with van der Waals surface area (Å²) in [4.78, 5) is 35.3. The highest BCUT2D eigenvalue weighted by Crippen LogP contribution is 2.44. The number of carboxylic acids is 1. The first-order valence-corrected chi connectivity index (χ1v) is 11.6. The summed E-state index contributed by atoms with van der Waals surface area (Å²) >= 11 is 0. The predicted molar refractivity (Wildman–Crippen MR) is 127 cm³/mol. The molecule has 0 fully saturated rings. The number of carbonyl (C=O) groups excluding carboxylic acids is 2. The SMILES string of the molecule is CC(CCNC(=O)OCC1c2ccccc2-c2ccccc21)CCC(=O)N[C@H](CCO)C(=O)O. The molecule has 1 unspecified atom stereocenters. The smallest absolute Gasteiger partial charge is 0.407 e. The van der Waals surface area contributed by atoms with Crippen LogP contribution in [-0.4, -0.2) is 54.0 Å². The molecule has 0 aliphatic heterocycles. The van der Waals surface area contributed by atoms with Crippen LogP contribution in [0.5, 0.6) is 0 Å². The van der Waals surface area contributed by atoms with Gasteiger partial charge in [0.15, 0.2) is 0 Å². The molecule has 0 saturated carbocycles. The number of hydrogen-bond donors (Lipinski definition) is 4. The van der Waals surface area contributed by atoms with Crippen LogP contribution >= 0.6 is 0 Å². The number of amides is 2. The highest BCUT2D eigenvalue weighted by atomic mass is 16.5. The van der Waals surface area contributed by atoms with Crippen molar-refractivity contribution in [1.29, 1.82) is 0 Å². The van der Waals surface area contributed by atoms with Crippen molar-refractivity contribution in [3.63, 3.8) is 0 Å². The molecule has 8 nitrogen and oxygen atoms in total. The van der Waals surface area contributed by atoms with Crippen LogP contribution in [0.15, 0.2) is 48.5 Å². The summed E-state index contributed by atoms with van der Waals surface area (Å²) in [6.45, 7) is 2.33. The highest BCUT2D eigenvalue weighted by Gasteiger charge is 2.29. The molecule has 3 rings (SSSR count). The van der Waals surface area contributed by atoms with E-state index in [1.54, 1.807) is 0 Å². The van der Waals surface area contributed by atoms with Gasteiger partial charge in [0.25, 0.3) is 0 Å². The van der Waals surface area contributed by atoms with E-state index < -0.39 is 18.1 Å². The fourth-order valence-corrected chi connectivity index (χ4v) is 4.24. The molecule has 2 aromatic rings. The summed E-state index contributed by atoms with van der Waals surface area (Å²) < 4.78 is 5.52. The lowest BCUT2D eigenvalue weighted by atomic mass is 9.98. The van der Waals surface area contributed by atoms with E-state index >= 15 is 0 Å². The summed E-state index contributed by atoms with van der Waals surface area (Å²) in [6, 6.07) is 15.2. The minimum absolute atomic E-state index is 0.0102. The minimum atomic E-state index is -1.16. The molecule has 1 aliphatic carbocycles. The van der Waals surface area contributed by atoms with Crippen LogP contribution in [0.1, 0.15) is 49.7 Å². The zero-order chi connectivity index (χ0) is 24.5. The molecule has 0 radical (unpaired) electrons. The standard InChI is InChI=1S/C26H32N2O6/c1-17(10-11-24(30)28-23(13-15-29)25(31)32)12-14-27-26(33)34-16-22-20-8-4-2-6-18(20)19-7-3-5-9-21(19)22/h2-9,17,22-23,29H,10-16H2,1H3,(H,27,33)(H,28,30)(H,31,32)/t17?,23-/m1/s1. The van der Waals surface area contributed by atoms with Gasteiger partial charge in [0.2, 0.25) is 5.91 Å². The normalized spacial score (nSPS) is 13.9. The number of carbonyl (C=O) groups is 3. The number of ether oxygens (including phenoxy) is 1. The van der Waals surface area contributed by atoms with Crippen LogP contribution < -0.4 is 10.6 Å². The number of carboxylic acid groups (broad SMARTS) is 1. The number of aliphatic carboxylic acids is 1. The Kier molecular flexibility index (Phi) is 9.04. The van der Waals surface area contributed by atoms with Gasteiger partial charge >= 0.3 is 12.1 Å². The molecular weight excluding hydrogens is 436 g/mol. The summed E-state index contributed by atoms with van der Waals surface area (Å²) in [5, 5.41) is 23.1. The Morgan fingerprint density at radius 3 is 2.18 bits per heavy atom. The highest BCUT2D eigenvalue weighted by molar-refractivity contribution is 5.83. The molecule has 34 heavy (non-hydrogen) atoms. The third kappa shape index (κ3) is 6.57. The third-order valence-corrected chi connectivity index (χ3v) is 6.17. The topological polar surface area (TPSA) is 125 Å². The molecule has 2 amide bonds. The molecule has 0 bridgehead atoms. The van der Waals surface area contributed by atoms with Crippen molar-refractivity contribution in [1.82, 2.24) is 10.6 Å². The van der Waals surface area contributed by atoms with Crippen molar-refractivity contribution in [2.45, 2.75) is 44.6 Å². The molecule has 1 aliphatic rings. The van der Waals surface area contributed by atoms with E-state index in [-0.39, 0.29) is 43.8 Å². The summed E-state index contributed by atoms with van der Waals surface area (Å²) in [5.74, 6) is -1.36. The van der Waals surface area contributed by atoms with Crippen molar-refractivity contribution in [2.24, 2.45) is 5.92 Å². The van der Waals surface area contributed by atoms with Crippen molar-refractivity contribution < 1.29 is 29.3 Å². The molecule has 8 heteroatoms. The average molecular weight is 469 g/mol. The fraction of sp³-hybridized carbons (Fsp3) is 0.423. The Hall–Kier alpha value is -3.39. The Bertz CT molecular complexity index is 963. The average Bonchev–Trinajstić information content (AvgIpc) is 3.15. The van der Waals surface area contributed by atoms with E-state index in [2.05, 4.69) is 34.9 Å². The van der Waals surface area contributed by atoms with Gasteiger partial charge in [-0.2, -0.15) is 0 Å². The van der Waals surface area contributed by atoms with Gasteiger partial charge in [0.1, 0.15) is 12.6 Å². The minimum Gasteiger partial charge on any atom is -0.480 e. The van der Waals surface area contributed by atoms with E-state index in [4.69, 9.17) is 14.9 Å². The summed E-state index contributed by atoms with van der Waals surface area (Å²) in [6.07, 6.45) is 0.905. The number of rotatable bonds is 12. The number of hydrogen-bond acceptors (Lipinski definition) is 5. The number of aliphatic hydroxyl groups is 1. The van der Waals surface area contributed by atoms with Gasteiger partial charge in [0.05, 0.1) is 0 Å². The molecule has 0 spiro atoms. The van der Waals surface area contributed by atoms with Gasteiger partial charge in [-0.05, 0) is 41.0 Å². The van der Waals surface area contributed by atoms with Crippen LogP contribution in [0, 0.1) is 5.92 Å². The van der Waals surface area contributed by atoms with Crippen LogP contribution in [0.3, 0.4) is 0 Å². The summed E-state index contributed by atoms with van der Waals surface area (Å²) in [7, 11) is 0. The lowest BCUT2D eigenvalue weighted by Gasteiger charge is -2.16. The predicted octanol–water partition coefficient (Wildman–Crippen LogP) is 3.28. The quantitative estimate of drug-likeness (QED) is 0.379. The molecule has 182 valence electrons. The maximum absolute atomic E-state index is 12.2. The van der Waals surface area contributed by atoms with Gasteiger partial charge in [-0.3, -0.25) is 4.79 Å². The maximum atomic E-state index is 12.2. The van der Waals surface area contributed by atoms with Gasteiger partial charge in [-0.25, -0.2) is 9.59 Å². The third-order valence-electron chi connectivity index (χ3n) is 6.17. The molecule has 2 atom stereocenters. The van der Waals surface area contributed by atoms with E-state index in [0.717, 1.165) is 11.1 Å². The Morgan fingerprint density at radius 2 is 1.59 bits per heavy atom. The fourth-order valence-electron chi connectivity index (χ4n) is 4.24. The largest absolute Gasteiger partial charge is 0.480 e. The van der Waals surface area contributed by atoms with E-state index in [1.807, 2.05) is 31.2 Å². The van der Waals surface area contributed by atoms with Crippen LogP contribution in [-0.2, 0) is 14.3 Å². The Balaban J connectivity index is 1.37. The van der Waals surface area contributed by atoms with Crippen LogP contribution in [0.4, 0.5) is 4.79 Å². The van der Waals surface area contributed by atoms with E-state index in [1.165, 1.54) is 11.1 Å². The number of fused-ring (bicyclic) bond motifs is 3. The lowest BCUT2D eigenvalue weighted by molar-refractivity contribution is -0.142. The van der Waals surface area contributed by atoms with Gasteiger partial charge in [-0.15, -0.1) is 0 Å². The maximum Gasteiger partial charge on any atom is 0.407 e. The van der Waals surface area contributed by atoms with Crippen molar-refractivity contribution in [3.05, 3.63) is 59.7 Å². The molecule has 2 aromatic carbocycles. The van der Waals surface area contributed by atoms with Crippen LogP contribution in [0.25, 0.3) is 11.1 Å². The Labute approximate surface area is 199 Å². The Morgan fingerprint density at radius 1 is 0.971 bits per heavy atom. The first-order valence-electron chi connectivity index (χ1n) is 11.6. The molecule has 0 heterocycles. The molecular formula is C26H32N2O6. The second-order valence-electron chi connectivity index (χ2n) is 8.66. The lowest BCUT2D eigenvalue weighted by Crippen LogP contribution is -2.41. The van der Waals surface area contributed by atoms with Gasteiger partial charge < -0.3 is 25.6 Å². The number of nitrogens with one attached hydrogen (secondary N) is 2. The molecule has 4 N–H and O–H groups in total. The van der Waals surface area contributed by atoms with Crippen molar-refractivity contribution in [3.8, 4) is 11.1 Å². The van der Waals surface area contributed by atoms with E-state index in [0.29, 0.717) is 19.4 Å². The number of aliphatic hydroxyl groups excluding tert-OH is 1. The van der Waals surface area contributed by atoms with Gasteiger partial charge in [-0.1, -0.05) is 55.5 Å². The van der Waals surface area contributed by atoms with Crippen molar-refractivity contribution >= 4 is 18.0 Å². The zero-order valence-corrected chi connectivity index (χ0v) is 19.3. The zero-order valence-electron chi connectivity index (χ0n) is 19.3. The monoisotopic (exact) mass is 468 g/mol. The number of benzene rings is 2. The number of alkyl carbamates (subject to hydrolysis) is 1. The molecule has 0 saturated heterocycles. The summed E-state index contributed by atoms with van der Waals surface area (Å²) in [5.41, 5.74) is 4.67. The second kappa shape index (κ2) is 12.2. The second-order valence-corrected chi connectivity index (χ2v) is 8.66. The first kappa shape index (κ1) is 25.2. The first-order chi connectivity index (χ1) is 16.4. The van der Waals surface area contributed by atoms with E-state index in [9.17, 15) is 14.4 Å². The van der Waals surface area contributed by atoms with Crippen LogP contribution in [0.2, 0.25) is 0 Å². The van der Waals surface area contributed by atoms with Crippen molar-refractivity contribution in [2.75, 3.05) is 19.8 Å².